The van der Waals surface area contributed by atoms with E-state index in [1.807, 2.05) is 23.1 Å². The van der Waals surface area contributed by atoms with Crippen molar-refractivity contribution >= 4 is 11.3 Å². The molecule has 0 saturated carbocycles. The summed E-state index contributed by atoms with van der Waals surface area (Å²) in [7, 11) is 1.98. The Bertz CT molecular complexity index is 590. The van der Waals surface area contributed by atoms with Crippen LogP contribution in [0.5, 0.6) is 0 Å². The number of fused-ring (bicyclic) bond motifs is 1. The van der Waals surface area contributed by atoms with Crippen LogP contribution in [0.15, 0.2) is 6.20 Å². The summed E-state index contributed by atoms with van der Waals surface area (Å²) >= 11 is 1.87. The van der Waals surface area contributed by atoms with Crippen molar-refractivity contribution in [3.63, 3.8) is 0 Å². The Morgan fingerprint density at radius 3 is 2.75 bits per heavy atom. The second kappa shape index (κ2) is 5.30. The average molecular weight is 290 g/mol. The van der Waals surface area contributed by atoms with Crippen LogP contribution in [0, 0.1) is 6.92 Å². The molecular weight excluding hydrogens is 268 g/mol. The highest BCUT2D eigenvalue weighted by Gasteiger charge is 2.25. The Morgan fingerprint density at radius 2 is 2.15 bits per heavy atom. The Morgan fingerprint density at radius 1 is 1.35 bits per heavy atom. The number of nitrogens with one attached hydrogen (secondary N) is 1. The molecule has 1 atom stereocenters. The zero-order valence-electron chi connectivity index (χ0n) is 12.6. The standard InChI is InChI=1S/C15H22N4S/c1-9(2)16-14(11-8-19(4)18-10(11)3)15-17-12-6-5-7-13(12)20-15/h8-9,14,16H,5-7H2,1-4H3. The smallest absolute Gasteiger partial charge is 0.115 e. The van der Waals surface area contributed by atoms with Gasteiger partial charge in [0.15, 0.2) is 0 Å². The second-order valence-corrected chi connectivity index (χ2v) is 6.99. The van der Waals surface area contributed by atoms with E-state index in [9.17, 15) is 0 Å². The molecule has 5 heteroatoms. The minimum Gasteiger partial charge on any atom is -0.302 e. The first-order chi connectivity index (χ1) is 9.54. The van der Waals surface area contributed by atoms with Crippen LogP contribution >= 0.6 is 11.3 Å². The average Bonchev–Trinajstić information content (AvgIpc) is 3.00. The van der Waals surface area contributed by atoms with E-state index in [4.69, 9.17) is 4.98 Å². The van der Waals surface area contributed by atoms with Crippen LogP contribution in [0.1, 0.15) is 53.1 Å². The molecule has 0 bridgehead atoms. The molecule has 1 unspecified atom stereocenters. The van der Waals surface area contributed by atoms with Crippen molar-refractivity contribution in [3.8, 4) is 0 Å². The monoisotopic (exact) mass is 290 g/mol. The van der Waals surface area contributed by atoms with Crippen LogP contribution in [0.4, 0.5) is 0 Å². The van der Waals surface area contributed by atoms with Gasteiger partial charge in [0.1, 0.15) is 5.01 Å². The Balaban J connectivity index is 1.99. The van der Waals surface area contributed by atoms with Gasteiger partial charge in [-0.1, -0.05) is 0 Å². The van der Waals surface area contributed by atoms with Crippen molar-refractivity contribution in [1.29, 1.82) is 0 Å². The summed E-state index contributed by atoms with van der Waals surface area (Å²) in [6.45, 7) is 6.44. The van der Waals surface area contributed by atoms with E-state index < -0.39 is 0 Å². The molecule has 0 amide bonds. The summed E-state index contributed by atoms with van der Waals surface area (Å²) in [5.74, 6) is 0. The third kappa shape index (κ3) is 2.52. The van der Waals surface area contributed by atoms with E-state index in [1.54, 1.807) is 0 Å². The Kier molecular flexibility index (Phi) is 3.65. The van der Waals surface area contributed by atoms with Gasteiger partial charge in [-0.25, -0.2) is 4.98 Å². The number of hydrogen-bond acceptors (Lipinski definition) is 4. The molecule has 1 aliphatic rings. The van der Waals surface area contributed by atoms with Crippen molar-refractivity contribution in [1.82, 2.24) is 20.1 Å². The number of nitrogens with zero attached hydrogens (tertiary/aromatic N) is 3. The molecule has 4 nitrogen and oxygen atoms in total. The lowest BCUT2D eigenvalue weighted by Gasteiger charge is -2.19. The molecule has 108 valence electrons. The third-order valence-corrected chi connectivity index (χ3v) is 4.94. The molecule has 0 fully saturated rings. The maximum Gasteiger partial charge on any atom is 0.115 e. The van der Waals surface area contributed by atoms with Crippen LogP contribution in [0.2, 0.25) is 0 Å². The zero-order chi connectivity index (χ0) is 14.3. The molecule has 1 aliphatic carbocycles. The molecule has 0 spiro atoms. The highest BCUT2D eigenvalue weighted by atomic mass is 32.1. The molecular formula is C15H22N4S. The maximum atomic E-state index is 4.89. The van der Waals surface area contributed by atoms with E-state index in [-0.39, 0.29) is 6.04 Å². The SMILES string of the molecule is Cc1nn(C)cc1C(NC(C)C)c1nc2c(s1)CCC2. The zero-order valence-corrected chi connectivity index (χ0v) is 13.4. The third-order valence-electron chi connectivity index (χ3n) is 3.72. The van der Waals surface area contributed by atoms with E-state index in [1.165, 1.54) is 34.0 Å². The van der Waals surface area contributed by atoms with E-state index in [0.717, 1.165) is 12.1 Å². The first-order valence-electron chi connectivity index (χ1n) is 7.29. The van der Waals surface area contributed by atoms with Crippen LogP contribution < -0.4 is 5.32 Å². The largest absolute Gasteiger partial charge is 0.302 e. The minimum absolute atomic E-state index is 0.166. The van der Waals surface area contributed by atoms with Gasteiger partial charge >= 0.3 is 0 Å². The quantitative estimate of drug-likeness (QED) is 0.941. The van der Waals surface area contributed by atoms with Gasteiger partial charge in [-0.15, -0.1) is 11.3 Å². The van der Waals surface area contributed by atoms with Crippen LogP contribution in [-0.2, 0) is 19.9 Å². The molecule has 3 rings (SSSR count). The lowest BCUT2D eigenvalue weighted by atomic mass is 10.1. The predicted octanol–water partition coefficient (Wildman–Crippen LogP) is 2.76. The fourth-order valence-electron chi connectivity index (χ4n) is 2.86. The molecule has 0 aliphatic heterocycles. The van der Waals surface area contributed by atoms with Crippen molar-refractivity contribution < 1.29 is 0 Å². The molecule has 20 heavy (non-hydrogen) atoms. The molecule has 2 heterocycles. The van der Waals surface area contributed by atoms with Gasteiger partial charge in [-0.2, -0.15) is 5.10 Å². The van der Waals surface area contributed by atoms with E-state index >= 15 is 0 Å². The van der Waals surface area contributed by atoms with Gasteiger partial charge in [0.05, 0.1) is 17.4 Å². The lowest BCUT2D eigenvalue weighted by molar-refractivity contribution is 0.524. The summed E-state index contributed by atoms with van der Waals surface area (Å²) in [4.78, 5) is 6.37. The van der Waals surface area contributed by atoms with Crippen LogP contribution in [-0.4, -0.2) is 20.8 Å². The summed E-state index contributed by atoms with van der Waals surface area (Å²) in [5.41, 5.74) is 3.65. The lowest BCUT2D eigenvalue weighted by Crippen LogP contribution is -2.29. The molecule has 2 aromatic heterocycles. The normalized spacial score (nSPS) is 15.8. The summed E-state index contributed by atoms with van der Waals surface area (Å²) in [5, 5.41) is 9.33. The highest BCUT2D eigenvalue weighted by molar-refractivity contribution is 7.11. The van der Waals surface area contributed by atoms with Gasteiger partial charge in [-0.3, -0.25) is 4.68 Å². The Hall–Kier alpha value is -1.20. The van der Waals surface area contributed by atoms with Crippen molar-refractivity contribution in [3.05, 3.63) is 33.0 Å². The number of rotatable bonds is 4. The van der Waals surface area contributed by atoms with Crippen molar-refractivity contribution in [2.45, 2.75) is 52.1 Å². The van der Waals surface area contributed by atoms with Gasteiger partial charge in [0.2, 0.25) is 0 Å². The fourth-order valence-corrected chi connectivity index (χ4v) is 4.10. The molecule has 0 saturated heterocycles. The van der Waals surface area contributed by atoms with E-state index in [0.29, 0.717) is 6.04 Å². The Labute approximate surface area is 124 Å². The predicted molar refractivity (Wildman–Crippen MR) is 82.2 cm³/mol. The fraction of sp³-hybridized carbons (Fsp3) is 0.600. The highest BCUT2D eigenvalue weighted by Crippen LogP contribution is 2.34. The maximum absolute atomic E-state index is 4.89. The van der Waals surface area contributed by atoms with E-state index in [2.05, 4.69) is 37.4 Å². The summed E-state index contributed by atoms with van der Waals surface area (Å²) in [6.07, 6.45) is 5.73. The summed E-state index contributed by atoms with van der Waals surface area (Å²) in [6, 6.07) is 0.581. The number of thiazole rings is 1. The van der Waals surface area contributed by atoms with Gasteiger partial charge in [0.25, 0.3) is 0 Å². The van der Waals surface area contributed by atoms with Gasteiger partial charge < -0.3 is 5.32 Å². The number of aromatic nitrogens is 3. The van der Waals surface area contributed by atoms with Crippen molar-refractivity contribution in [2.24, 2.45) is 7.05 Å². The molecule has 0 aromatic carbocycles. The second-order valence-electron chi connectivity index (χ2n) is 5.87. The van der Waals surface area contributed by atoms with Crippen molar-refractivity contribution in [2.75, 3.05) is 0 Å². The minimum atomic E-state index is 0.166. The first-order valence-corrected chi connectivity index (χ1v) is 8.11. The summed E-state index contributed by atoms with van der Waals surface area (Å²) < 4.78 is 1.89. The van der Waals surface area contributed by atoms with Crippen LogP contribution in [0.25, 0.3) is 0 Å². The molecule has 1 N–H and O–H groups in total. The first kappa shape index (κ1) is 13.8. The molecule has 0 radical (unpaired) electrons. The number of aryl methyl sites for hydroxylation is 4. The van der Waals surface area contributed by atoms with Gasteiger partial charge in [0, 0.05) is 29.7 Å². The topological polar surface area (TPSA) is 42.7 Å². The van der Waals surface area contributed by atoms with Gasteiger partial charge in [-0.05, 0) is 40.0 Å². The number of hydrogen-bond donors (Lipinski definition) is 1. The van der Waals surface area contributed by atoms with Crippen LogP contribution in [0.3, 0.4) is 0 Å². The molecule has 2 aromatic rings.